The van der Waals surface area contributed by atoms with Crippen LogP contribution in [-0.2, 0) is 10.0 Å². The summed E-state index contributed by atoms with van der Waals surface area (Å²) in [4.78, 5) is 0.0598. The molecule has 0 saturated carbocycles. The van der Waals surface area contributed by atoms with Crippen LogP contribution in [0.4, 0.5) is 11.4 Å². The molecular weight excluding hydrogens is 421 g/mol. The zero-order chi connectivity index (χ0) is 15.5. The Kier molecular flexibility index (Phi) is 5.14. The number of nitrogens with two attached hydrogens (primary N) is 1. The van der Waals surface area contributed by atoms with Crippen molar-refractivity contribution in [2.45, 2.75) is 4.90 Å². The first kappa shape index (κ1) is 16.1. The van der Waals surface area contributed by atoms with E-state index in [1.807, 2.05) is 24.3 Å². The standard InChI is InChI=1S/C13H12IN3O2S2/c14-11-3-1-2-4-12(11)17-13(20)16-9-5-7-10(8-6-9)21(15,18)19/h1-8H,(H2,15,18,19)(H2,16,17,20). The van der Waals surface area contributed by atoms with Gasteiger partial charge in [0.15, 0.2) is 5.11 Å². The Bertz CT molecular complexity index is 761. The van der Waals surface area contributed by atoms with E-state index >= 15 is 0 Å². The van der Waals surface area contributed by atoms with Gasteiger partial charge in [-0.2, -0.15) is 0 Å². The van der Waals surface area contributed by atoms with Gasteiger partial charge in [-0.3, -0.25) is 0 Å². The van der Waals surface area contributed by atoms with Crippen molar-refractivity contribution in [2.75, 3.05) is 10.6 Å². The van der Waals surface area contributed by atoms with Crippen molar-refractivity contribution in [1.29, 1.82) is 0 Å². The molecule has 0 radical (unpaired) electrons. The second-order valence-electron chi connectivity index (χ2n) is 4.13. The number of benzene rings is 2. The summed E-state index contributed by atoms with van der Waals surface area (Å²) >= 11 is 7.42. The van der Waals surface area contributed by atoms with E-state index in [2.05, 4.69) is 33.2 Å². The zero-order valence-electron chi connectivity index (χ0n) is 10.7. The molecule has 0 aromatic heterocycles. The molecule has 110 valence electrons. The second-order valence-corrected chi connectivity index (χ2v) is 7.26. The molecule has 0 aliphatic heterocycles. The Morgan fingerprint density at radius 3 is 2.24 bits per heavy atom. The first-order chi connectivity index (χ1) is 9.86. The van der Waals surface area contributed by atoms with Gasteiger partial charge < -0.3 is 10.6 Å². The average molecular weight is 433 g/mol. The molecule has 0 aliphatic rings. The summed E-state index contributed by atoms with van der Waals surface area (Å²) in [5, 5.41) is 11.5. The fourth-order valence-corrected chi connectivity index (χ4v) is 2.84. The summed E-state index contributed by atoms with van der Waals surface area (Å²) in [6.45, 7) is 0. The quantitative estimate of drug-likeness (QED) is 0.512. The molecular formula is C13H12IN3O2S2. The Morgan fingerprint density at radius 2 is 1.67 bits per heavy atom. The number of para-hydroxylation sites is 1. The highest BCUT2D eigenvalue weighted by Crippen LogP contribution is 2.18. The van der Waals surface area contributed by atoms with E-state index < -0.39 is 10.0 Å². The van der Waals surface area contributed by atoms with E-state index in [0.717, 1.165) is 9.26 Å². The van der Waals surface area contributed by atoms with Gasteiger partial charge in [0.25, 0.3) is 0 Å². The van der Waals surface area contributed by atoms with Crippen LogP contribution in [0.2, 0.25) is 0 Å². The average Bonchev–Trinajstić information content (AvgIpc) is 2.41. The lowest BCUT2D eigenvalue weighted by atomic mass is 10.3. The van der Waals surface area contributed by atoms with Crippen molar-refractivity contribution in [3.8, 4) is 0 Å². The van der Waals surface area contributed by atoms with Crippen molar-refractivity contribution in [2.24, 2.45) is 5.14 Å². The van der Waals surface area contributed by atoms with Crippen LogP contribution in [0.1, 0.15) is 0 Å². The predicted octanol–water partition coefficient (Wildman–Crippen LogP) is 2.75. The Labute approximate surface area is 142 Å². The number of primary sulfonamides is 1. The highest BCUT2D eigenvalue weighted by Gasteiger charge is 2.07. The highest BCUT2D eigenvalue weighted by atomic mass is 127. The van der Waals surface area contributed by atoms with Gasteiger partial charge in [0.1, 0.15) is 0 Å². The number of halogens is 1. The van der Waals surface area contributed by atoms with Crippen molar-refractivity contribution in [3.05, 3.63) is 52.1 Å². The first-order valence-corrected chi connectivity index (χ1v) is 8.85. The molecule has 5 nitrogen and oxygen atoms in total. The molecule has 21 heavy (non-hydrogen) atoms. The second kappa shape index (κ2) is 6.69. The van der Waals surface area contributed by atoms with Crippen molar-refractivity contribution >= 4 is 61.3 Å². The van der Waals surface area contributed by atoms with Crippen LogP contribution in [0.3, 0.4) is 0 Å². The van der Waals surface area contributed by atoms with Crippen LogP contribution in [0.25, 0.3) is 0 Å². The summed E-state index contributed by atoms with van der Waals surface area (Å²) < 4.78 is 23.4. The van der Waals surface area contributed by atoms with Crippen LogP contribution in [-0.4, -0.2) is 13.5 Å². The van der Waals surface area contributed by atoms with E-state index in [9.17, 15) is 8.42 Å². The third kappa shape index (κ3) is 4.63. The molecule has 0 unspecified atom stereocenters. The van der Waals surface area contributed by atoms with Crippen LogP contribution in [0, 0.1) is 3.57 Å². The molecule has 2 aromatic rings. The molecule has 0 heterocycles. The van der Waals surface area contributed by atoms with Crippen molar-refractivity contribution < 1.29 is 8.42 Å². The molecule has 0 saturated heterocycles. The van der Waals surface area contributed by atoms with E-state index in [-0.39, 0.29) is 4.90 Å². The molecule has 4 N–H and O–H groups in total. The number of hydrogen-bond donors (Lipinski definition) is 3. The van der Waals surface area contributed by atoms with Gasteiger partial charge in [0.2, 0.25) is 10.0 Å². The van der Waals surface area contributed by atoms with Crippen LogP contribution in [0.15, 0.2) is 53.4 Å². The third-order valence-corrected chi connectivity index (χ3v) is 4.64. The summed E-state index contributed by atoms with van der Waals surface area (Å²) in [6.07, 6.45) is 0. The molecule has 0 spiro atoms. The molecule has 8 heteroatoms. The van der Waals surface area contributed by atoms with E-state index in [1.54, 1.807) is 12.1 Å². The maximum Gasteiger partial charge on any atom is 0.238 e. The number of rotatable bonds is 3. The lowest BCUT2D eigenvalue weighted by Crippen LogP contribution is -2.19. The largest absolute Gasteiger partial charge is 0.332 e. The monoisotopic (exact) mass is 433 g/mol. The van der Waals surface area contributed by atoms with Gasteiger partial charge in [-0.1, -0.05) is 12.1 Å². The van der Waals surface area contributed by atoms with Gasteiger partial charge in [-0.05, 0) is 71.2 Å². The minimum Gasteiger partial charge on any atom is -0.332 e. The fraction of sp³-hybridized carbons (Fsp3) is 0. The molecule has 0 aliphatic carbocycles. The summed E-state index contributed by atoms with van der Waals surface area (Å²) in [7, 11) is -3.68. The van der Waals surface area contributed by atoms with Gasteiger partial charge in [-0.25, -0.2) is 13.6 Å². The lowest BCUT2D eigenvalue weighted by molar-refractivity contribution is 0.598. The highest BCUT2D eigenvalue weighted by molar-refractivity contribution is 14.1. The maximum atomic E-state index is 11.2. The molecule has 0 atom stereocenters. The van der Waals surface area contributed by atoms with Crippen molar-refractivity contribution in [3.63, 3.8) is 0 Å². The van der Waals surface area contributed by atoms with Gasteiger partial charge in [-0.15, -0.1) is 0 Å². The van der Waals surface area contributed by atoms with Gasteiger partial charge in [0, 0.05) is 9.26 Å². The van der Waals surface area contributed by atoms with Gasteiger partial charge >= 0.3 is 0 Å². The van der Waals surface area contributed by atoms with E-state index in [1.165, 1.54) is 12.1 Å². The lowest BCUT2D eigenvalue weighted by Gasteiger charge is -2.12. The summed E-state index contributed by atoms with van der Waals surface area (Å²) in [6, 6.07) is 13.8. The number of hydrogen-bond acceptors (Lipinski definition) is 3. The van der Waals surface area contributed by atoms with Crippen LogP contribution in [0.5, 0.6) is 0 Å². The molecule has 0 bridgehead atoms. The molecule has 2 aromatic carbocycles. The minimum absolute atomic E-state index is 0.0598. The molecule has 0 amide bonds. The van der Waals surface area contributed by atoms with E-state index in [0.29, 0.717) is 10.8 Å². The maximum absolute atomic E-state index is 11.2. The van der Waals surface area contributed by atoms with Crippen LogP contribution >= 0.6 is 34.8 Å². The topological polar surface area (TPSA) is 84.2 Å². The number of thiocarbonyl (C=S) groups is 1. The van der Waals surface area contributed by atoms with Crippen LogP contribution < -0.4 is 15.8 Å². The Morgan fingerprint density at radius 1 is 1.05 bits per heavy atom. The SMILES string of the molecule is NS(=O)(=O)c1ccc(NC(=S)Nc2ccccc2I)cc1. The smallest absolute Gasteiger partial charge is 0.238 e. The number of nitrogens with one attached hydrogen (secondary N) is 2. The first-order valence-electron chi connectivity index (χ1n) is 5.81. The normalized spacial score (nSPS) is 11.0. The molecule has 0 fully saturated rings. The minimum atomic E-state index is -3.68. The number of sulfonamides is 1. The third-order valence-electron chi connectivity index (χ3n) is 2.56. The Hall–Kier alpha value is -1.23. The predicted molar refractivity (Wildman–Crippen MR) is 96.8 cm³/mol. The van der Waals surface area contributed by atoms with Crippen molar-refractivity contribution in [1.82, 2.24) is 0 Å². The number of anilines is 2. The van der Waals surface area contributed by atoms with E-state index in [4.69, 9.17) is 17.4 Å². The van der Waals surface area contributed by atoms with Gasteiger partial charge in [0.05, 0.1) is 10.6 Å². The summed E-state index contributed by atoms with van der Waals surface area (Å²) in [5.41, 5.74) is 1.57. The summed E-state index contributed by atoms with van der Waals surface area (Å²) in [5.74, 6) is 0. The Balaban J connectivity index is 2.05. The molecule has 2 rings (SSSR count). The fourth-order valence-electron chi connectivity index (χ4n) is 1.58. The zero-order valence-corrected chi connectivity index (χ0v) is 14.5.